The first-order chi connectivity index (χ1) is 11.0. The topological polar surface area (TPSA) is 35.5 Å². The minimum absolute atomic E-state index is 0.400. The average Bonchev–Trinajstić information content (AvgIpc) is 2.54. The summed E-state index contributed by atoms with van der Waals surface area (Å²) in [5.74, 6) is 1.34. The molecule has 23 heavy (non-hydrogen) atoms. The zero-order chi connectivity index (χ0) is 16.8. The predicted molar refractivity (Wildman–Crippen MR) is 95.6 cm³/mol. The van der Waals surface area contributed by atoms with Gasteiger partial charge in [-0.2, -0.15) is 0 Å². The summed E-state index contributed by atoms with van der Waals surface area (Å²) in [6.45, 7) is 9.87. The standard InChI is InChI=1S/C18H33N5/c1-15(2)18-19-12-16(13-20-18)14-23-8-6-17(7-9-23)22(5)11-10-21(3)4/h12-13,15,17H,6-11,14H2,1-5H3. The Morgan fingerprint density at radius 1 is 1.09 bits per heavy atom. The Hall–Kier alpha value is -1.04. The molecule has 2 heterocycles. The SMILES string of the molecule is CC(C)c1ncc(CN2CCC(N(C)CCN(C)C)CC2)cn1. The van der Waals surface area contributed by atoms with E-state index in [1.54, 1.807) is 0 Å². The molecule has 0 unspecified atom stereocenters. The first-order valence-corrected chi connectivity index (χ1v) is 8.84. The third-order valence-electron chi connectivity index (χ3n) is 4.73. The van der Waals surface area contributed by atoms with Crippen LogP contribution in [0.1, 0.15) is 44.0 Å². The van der Waals surface area contributed by atoms with Crippen LogP contribution in [0.3, 0.4) is 0 Å². The van der Waals surface area contributed by atoms with E-state index in [-0.39, 0.29) is 0 Å². The molecule has 1 aromatic heterocycles. The number of likely N-dealkylation sites (N-methyl/N-ethyl adjacent to an activating group) is 2. The molecule has 0 aliphatic carbocycles. The van der Waals surface area contributed by atoms with Crippen molar-refractivity contribution < 1.29 is 0 Å². The van der Waals surface area contributed by atoms with Crippen LogP contribution in [-0.2, 0) is 6.54 Å². The summed E-state index contributed by atoms with van der Waals surface area (Å²) in [6.07, 6.45) is 6.51. The highest BCUT2D eigenvalue weighted by atomic mass is 15.2. The molecule has 5 heteroatoms. The van der Waals surface area contributed by atoms with Crippen molar-refractivity contribution in [1.82, 2.24) is 24.7 Å². The van der Waals surface area contributed by atoms with Crippen molar-refractivity contribution in [1.29, 1.82) is 0 Å². The van der Waals surface area contributed by atoms with E-state index in [0.717, 1.165) is 31.5 Å². The van der Waals surface area contributed by atoms with Crippen LogP contribution in [0.25, 0.3) is 0 Å². The quantitative estimate of drug-likeness (QED) is 0.769. The molecule has 0 atom stereocenters. The molecule has 1 aromatic rings. The number of aromatic nitrogens is 2. The highest BCUT2D eigenvalue weighted by molar-refractivity contribution is 5.07. The fraction of sp³-hybridized carbons (Fsp3) is 0.778. The molecule has 130 valence electrons. The van der Waals surface area contributed by atoms with Gasteiger partial charge in [-0.25, -0.2) is 9.97 Å². The summed E-state index contributed by atoms with van der Waals surface area (Å²) in [5, 5.41) is 0. The van der Waals surface area contributed by atoms with Crippen molar-refractivity contribution in [2.75, 3.05) is 47.3 Å². The summed E-state index contributed by atoms with van der Waals surface area (Å²) in [5.41, 5.74) is 1.23. The van der Waals surface area contributed by atoms with Gasteiger partial charge in [0.05, 0.1) is 0 Å². The Balaban J connectivity index is 1.76. The van der Waals surface area contributed by atoms with Crippen molar-refractivity contribution in [2.45, 2.75) is 45.2 Å². The minimum atomic E-state index is 0.400. The van der Waals surface area contributed by atoms with E-state index in [1.807, 2.05) is 12.4 Å². The molecule has 0 bridgehead atoms. The third kappa shape index (κ3) is 5.83. The lowest BCUT2D eigenvalue weighted by Crippen LogP contribution is -2.44. The van der Waals surface area contributed by atoms with Crippen LogP contribution in [0.15, 0.2) is 12.4 Å². The molecule has 0 radical (unpaired) electrons. The van der Waals surface area contributed by atoms with Crippen molar-refractivity contribution in [2.24, 2.45) is 0 Å². The van der Waals surface area contributed by atoms with Gasteiger partial charge in [0.1, 0.15) is 5.82 Å². The molecule has 1 aliphatic rings. The van der Waals surface area contributed by atoms with Gasteiger partial charge in [0.15, 0.2) is 0 Å². The van der Waals surface area contributed by atoms with E-state index in [9.17, 15) is 0 Å². The average molecular weight is 319 g/mol. The van der Waals surface area contributed by atoms with Gasteiger partial charge in [0, 0.05) is 49.6 Å². The van der Waals surface area contributed by atoms with Crippen LogP contribution in [0.2, 0.25) is 0 Å². The summed E-state index contributed by atoms with van der Waals surface area (Å²) < 4.78 is 0. The monoisotopic (exact) mass is 319 g/mol. The first-order valence-electron chi connectivity index (χ1n) is 8.84. The van der Waals surface area contributed by atoms with Gasteiger partial charge in [-0.05, 0) is 47.1 Å². The maximum atomic E-state index is 4.48. The summed E-state index contributed by atoms with van der Waals surface area (Å²) >= 11 is 0. The van der Waals surface area contributed by atoms with Crippen LogP contribution in [0, 0.1) is 0 Å². The van der Waals surface area contributed by atoms with Gasteiger partial charge in [-0.1, -0.05) is 13.8 Å². The maximum Gasteiger partial charge on any atom is 0.130 e. The second kappa shape index (κ2) is 8.71. The molecule has 0 saturated carbocycles. The summed E-state index contributed by atoms with van der Waals surface area (Å²) in [7, 11) is 6.55. The van der Waals surface area contributed by atoms with E-state index < -0.39 is 0 Å². The smallest absolute Gasteiger partial charge is 0.130 e. The molecule has 1 aliphatic heterocycles. The van der Waals surface area contributed by atoms with Crippen LogP contribution in [-0.4, -0.2) is 78.0 Å². The van der Waals surface area contributed by atoms with E-state index in [2.05, 4.69) is 59.7 Å². The molecule has 0 aromatic carbocycles. The zero-order valence-electron chi connectivity index (χ0n) is 15.5. The van der Waals surface area contributed by atoms with Crippen LogP contribution >= 0.6 is 0 Å². The lowest BCUT2D eigenvalue weighted by molar-refractivity contribution is 0.118. The Bertz CT molecular complexity index is 449. The molecule has 0 spiro atoms. The predicted octanol–water partition coefficient (Wildman–Crippen LogP) is 2.06. The Kier molecular flexibility index (Phi) is 6.93. The fourth-order valence-electron chi connectivity index (χ4n) is 3.06. The molecular formula is C18H33N5. The number of hydrogen-bond donors (Lipinski definition) is 0. The van der Waals surface area contributed by atoms with Gasteiger partial charge in [-0.3, -0.25) is 4.90 Å². The highest BCUT2D eigenvalue weighted by Crippen LogP contribution is 2.17. The van der Waals surface area contributed by atoms with Gasteiger partial charge >= 0.3 is 0 Å². The van der Waals surface area contributed by atoms with E-state index >= 15 is 0 Å². The Morgan fingerprint density at radius 2 is 1.70 bits per heavy atom. The summed E-state index contributed by atoms with van der Waals surface area (Å²) in [6, 6.07) is 0.728. The van der Waals surface area contributed by atoms with Gasteiger partial charge in [0.25, 0.3) is 0 Å². The van der Waals surface area contributed by atoms with Crippen molar-refractivity contribution in [3.63, 3.8) is 0 Å². The second-order valence-corrected chi connectivity index (χ2v) is 7.40. The van der Waals surface area contributed by atoms with Gasteiger partial charge in [-0.15, -0.1) is 0 Å². The molecule has 0 amide bonds. The molecule has 1 saturated heterocycles. The first kappa shape index (κ1) is 18.3. The molecule has 1 fully saturated rings. The number of hydrogen-bond acceptors (Lipinski definition) is 5. The molecular weight excluding hydrogens is 286 g/mol. The van der Waals surface area contributed by atoms with Crippen molar-refractivity contribution >= 4 is 0 Å². The number of likely N-dealkylation sites (tertiary alicyclic amines) is 1. The number of rotatable bonds is 7. The second-order valence-electron chi connectivity index (χ2n) is 7.40. The van der Waals surface area contributed by atoms with Gasteiger partial charge in [0.2, 0.25) is 0 Å². The van der Waals surface area contributed by atoms with Crippen molar-refractivity contribution in [3.05, 3.63) is 23.8 Å². The fourth-order valence-corrected chi connectivity index (χ4v) is 3.06. The molecule has 5 nitrogen and oxygen atoms in total. The number of piperidine rings is 1. The lowest BCUT2D eigenvalue weighted by atomic mass is 10.0. The highest BCUT2D eigenvalue weighted by Gasteiger charge is 2.22. The van der Waals surface area contributed by atoms with E-state index in [1.165, 1.54) is 31.5 Å². The van der Waals surface area contributed by atoms with Gasteiger partial charge < -0.3 is 9.80 Å². The van der Waals surface area contributed by atoms with Crippen molar-refractivity contribution in [3.8, 4) is 0 Å². The molecule has 2 rings (SSSR count). The maximum absolute atomic E-state index is 4.48. The largest absolute Gasteiger partial charge is 0.308 e. The van der Waals surface area contributed by atoms with E-state index in [0.29, 0.717) is 5.92 Å². The van der Waals surface area contributed by atoms with Crippen LogP contribution in [0.5, 0.6) is 0 Å². The summed E-state index contributed by atoms with van der Waals surface area (Å²) in [4.78, 5) is 16.3. The Morgan fingerprint density at radius 3 is 2.22 bits per heavy atom. The Labute approximate surface area is 141 Å². The van der Waals surface area contributed by atoms with Crippen LogP contribution in [0.4, 0.5) is 0 Å². The normalized spacial score (nSPS) is 17.6. The lowest BCUT2D eigenvalue weighted by Gasteiger charge is -2.37. The van der Waals surface area contributed by atoms with E-state index in [4.69, 9.17) is 0 Å². The van der Waals surface area contributed by atoms with Crippen LogP contribution < -0.4 is 0 Å². The zero-order valence-corrected chi connectivity index (χ0v) is 15.5. The molecule has 0 N–H and O–H groups in total. The third-order valence-corrected chi connectivity index (χ3v) is 4.73. The number of nitrogens with zero attached hydrogens (tertiary/aromatic N) is 5. The minimum Gasteiger partial charge on any atom is -0.308 e.